The molecule has 1 aromatic heterocycles. The van der Waals surface area contributed by atoms with Gasteiger partial charge in [-0.3, -0.25) is 4.79 Å². The first-order chi connectivity index (χ1) is 8.98. The number of nitrogens with zero attached hydrogens (tertiary/aromatic N) is 1. The van der Waals surface area contributed by atoms with Crippen LogP contribution >= 0.6 is 0 Å². The fourth-order valence-electron chi connectivity index (χ4n) is 1.48. The van der Waals surface area contributed by atoms with Crippen molar-refractivity contribution >= 4 is 23.1 Å². The number of benzene rings is 1. The number of fused-ring (bicyclic) bond motifs is 1. The zero-order valence-corrected chi connectivity index (χ0v) is 9.57. The molecule has 0 fully saturated rings. The van der Waals surface area contributed by atoms with Crippen molar-refractivity contribution < 1.29 is 22.4 Å². The van der Waals surface area contributed by atoms with Gasteiger partial charge in [0.2, 0.25) is 0 Å². The van der Waals surface area contributed by atoms with Crippen LogP contribution in [-0.2, 0) is 4.79 Å². The first-order valence-electron chi connectivity index (χ1n) is 5.32. The highest BCUT2D eigenvalue weighted by Crippen LogP contribution is 2.18. The maximum absolute atomic E-state index is 11.9. The van der Waals surface area contributed by atoms with E-state index < -0.39 is 12.1 Å². The van der Waals surface area contributed by atoms with Crippen LogP contribution in [0.15, 0.2) is 35.1 Å². The number of hydrogen-bond acceptors (Lipinski definition) is 3. The highest BCUT2D eigenvalue weighted by atomic mass is 19.4. The number of alkyl halides is 3. The van der Waals surface area contributed by atoms with Crippen molar-refractivity contribution in [1.29, 1.82) is 0 Å². The van der Waals surface area contributed by atoms with E-state index in [1.165, 1.54) is 12.5 Å². The van der Waals surface area contributed by atoms with Crippen LogP contribution in [0.25, 0.3) is 17.2 Å². The van der Waals surface area contributed by atoms with Crippen LogP contribution in [0.3, 0.4) is 0 Å². The molecule has 0 spiro atoms. The van der Waals surface area contributed by atoms with Gasteiger partial charge in [-0.2, -0.15) is 13.2 Å². The lowest BCUT2D eigenvalue weighted by atomic mass is 10.2. The van der Waals surface area contributed by atoms with Gasteiger partial charge in [0.25, 0.3) is 0 Å². The van der Waals surface area contributed by atoms with Crippen LogP contribution in [-0.4, -0.2) is 23.6 Å². The van der Waals surface area contributed by atoms with Crippen molar-refractivity contribution in [2.24, 2.45) is 0 Å². The summed E-state index contributed by atoms with van der Waals surface area (Å²) in [5.41, 5.74) is 1.90. The molecule has 0 aliphatic heterocycles. The summed E-state index contributed by atoms with van der Waals surface area (Å²) in [7, 11) is 0. The largest absolute Gasteiger partial charge is 0.471 e. The van der Waals surface area contributed by atoms with Gasteiger partial charge in [0.15, 0.2) is 12.0 Å². The van der Waals surface area contributed by atoms with Crippen LogP contribution in [0.1, 0.15) is 5.56 Å². The third-order valence-electron chi connectivity index (χ3n) is 2.33. The van der Waals surface area contributed by atoms with Crippen LogP contribution in [0.4, 0.5) is 13.2 Å². The van der Waals surface area contributed by atoms with Gasteiger partial charge in [0.1, 0.15) is 5.52 Å². The Morgan fingerprint density at radius 3 is 2.95 bits per heavy atom. The molecule has 0 aliphatic carbocycles. The molecule has 7 heteroatoms. The van der Waals surface area contributed by atoms with E-state index in [1.807, 2.05) is 0 Å². The highest BCUT2D eigenvalue weighted by molar-refractivity contribution is 5.83. The van der Waals surface area contributed by atoms with Crippen LogP contribution in [0.2, 0.25) is 0 Å². The predicted molar refractivity (Wildman–Crippen MR) is 62.1 cm³/mol. The average Bonchev–Trinajstić information content (AvgIpc) is 2.81. The minimum atomic E-state index is -4.86. The molecule has 0 aliphatic rings. The number of para-hydroxylation sites is 1. The molecule has 1 heterocycles. The third kappa shape index (κ3) is 3.12. The van der Waals surface area contributed by atoms with Crippen molar-refractivity contribution in [3.8, 4) is 0 Å². The molecule has 1 amide bonds. The van der Waals surface area contributed by atoms with Gasteiger partial charge in [0, 0.05) is 12.1 Å². The molecular formula is C12H9F3N2O2. The second-order valence-electron chi connectivity index (χ2n) is 3.66. The summed E-state index contributed by atoms with van der Waals surface area (Å²) in [6, 6.07) is 5.21. The second-order valence-corrected chi connectivity index (χ2v) is 3.66. The van der Waals surface area contributed by atoms with E-state index >= 15 is 0 Å². The highest BCUT2D eigenvalue weighted by Gasteiger charge is 2.37. The summed E-state index contributed by atoms with van der Waals surface area (Å²) >= 11 is 0. The van der Waals surface area contributed by atoms with E-state index in [9.17, 15) is 18.0 Å². The van der Waals surface area contributed by atoms with E-state index in [4.69, 9.17) is 4.42 Å². The lowest BCUT2D eigenvalue weighted by molar-refractivity contribution is -0.173. The Bertz CT molecular complexity index is 617. The topological polar surface area (TPSA) is 55.1 Å². The minimum absolute atomic E-state index is 0.216. The first-order valence-corrected chi connectivity index (χ1v) is 5.32. The normalized spacial score (nSPS) is 12.2. The van der Waals surface area contributed by atoms with Gasteiger partial charge in [-0.25, -0.2) is 4.98 Å². The van der Waals surface area contributed by atoms with Crippen molar-refractivity contribution in [1.82, 2.24) is 10.3 Å². The number of carbonyl (C=O) groups excluding carboxylic acids is 1. The van der Waals surface area contributed by atoms with Gasteiger partial charge < -0.3 is 9.73 Å². The van der Waals surface area contributed by atoms with Crippen molar-refractivity contribution in [3.63, 3.8) is 0 Å². The van der Waals surface area contributed by atoms with Crippen molar-refractivity contribution in [2.75, 3.05) is 6.54 Å². The molecule has 0 radical (unpaired) electrons. The molecule has 0 saturated heterocycles. The Hall–Kier alpha value is -2.31. The molecule has 0 saturated carbocycles. The fourth-order valence-corrected chi connectivity index (χ4v) is 1.48. The Morgan fingerprint density at radius 1 is 1.42 bits per heavy atom. The van der Waals surface area contributed by atoms with E-state index in [1.54, 1.807) is 29.6 Å². The minimum Gasteiger partial charge on any atom is -0.443 e. The monoisotopic (exact) mass is 270 g/mol. The van der Waals surface area contributed by atoms with Gasteiger partial charge >= 0.3 is 12.1 Å². The molecule has 0 unspecified atom stereocenters. The van der Waals surface area contributed by atoms with E-state index in [0.717, 1.165) is 0 Å². The number of hydrogen-bond donors (Lipinski definition) is 1. The average molecular weight is 270 g/mol. The summed E-state index contributed by atoms with van der Waals surface area (Å²) in [6.07, 6.45) is -0.595. The summed E-state index contributed by atoms with van der Waals surface area (Å²) in [5.74, 6) is -1.96. The smallest absolute Gasteiger partial charge is 0.443 e. The number of halogens is 3. The Kier molecular flexibility index (Phi) is 3.55. The van der Waals surface area contributed by atoms with E-state index in [-0.39, 0.29) is 6.54 Å². The zero-order chi connectivity index (χ0) is 13.9. The number of rotatable bonds is 3. The first kappa shape index (κ1) is 13.1. The maximum atomic E-state index is 11.9. The van der Waals surface area contributed by atoms with Gasteiger partial charge in [0.05, 0.1) is 0 Å². The summed E-state index contributed by atoms with van der Waals surface area (Å²) in [4.78, 5) is 14.5. The van der Waals surface area contributed by atoms with Crippen molar-refractivity contribution in [2.45, 2.75) is 6.18 Å². The number of nitrogens with one attached hydrogen (secondary N) is 1. The Balaban J connectivity index is 2.00. The summed E-state index contributed by atoms with van der Waals surface area (Å²) in [6.45, 7) is -0.216. The number of amides is 1. The fraction of sp³-hybridized carbons (Fsp3) is 0.167. The summed E-state index contributed by atoms with van der Waals surface area (Å²) in [5, 5.41) is 1.74. The number of carbonyl (C=O) groups is 1. The third-order valence-corrected chi connectivity index (χ3v) is 2.33. The predicted octanol–water partition coefficient (Wildman–Crippen LogP) is 2.52. The SMILES string of the molecule is O=C(NC/C=C/c1cccc2ocnc12)C(F)(F)F. The molecule has 100 valence electrons. The number of aromatic nitrogens is 1. The molecule has 19 heavy (non-hydrogen) atoms. The lowest BCUT2D eigenvalue weighted by Gasteiger charge is -2.04. The van der Waals surface area contributed by atoms with Crippen LogP contribution in [0.5, 0.6) is 0 Å². The molecule has 2 aromatic rings. The molecule has 1 aromatic carbocycles. The lowest BCUT2D eigenvalue weighted by Crippen LogP contribution is -2.36. The van der Waals surface area contributed by atoms with Gasteiger partial charge in [-0.15, -0.1) is 0 Å². The van der Waals surface area contributed by atoms with E-state index in [0.29, 0.717) is 16.7 Å². The molecule has 0 atom stereocenters. The Morgan fingerprint density at radius 2 is 2.21 bits per heavy atom. The number of oxazole rings is 1. The van der Waals surface area contributed by atoms with Gasteiger partial charge in [-0.05, 0) is 6.07 Å². The quantitative estimate of drug-likeness (QED) is 0.932. The molecule has 0 bridgehead atoms. The molecular weight excluding hydrogens is 261 g/mol. The van der Waals surface area contributed by atoms with Crippen LogP contribution in [0, 0.1) is 0 Å². The van der Waals surface area contributed by atoms with Gasteiger partial charge in [-0.1, -0.05) is 24.3 Å². The Labute approximate surface area is 105 Å². The second kappa shape index (κ2) is 5.13. The van der Waals surface area contributed by atoms with Crippen LogP contribution < -0.4 is 5.32 Å². The molecule has 4 nitrogen and oxygen atoms in total. The summed E-state index contributed by atoms with van der Waals surface area (Å²) < 4.78 is 40.8. The standard InChI is InChI=1S/C12H9F3N2O2/c13-12(14,15)11(18)16-6-2-4-8-3-1-5-9-10(8)17-7-19-9/h1-5,7H,6H2,(H,16,18)/b4-2+. The van der Waals surface area contributed by atoms with Crippen molar-refractivity contribution in [3.05, 3.63) is 36.2 Å². The molecule has 1 N–H and O–H groups in total. The van der Waals surface area contributed by atoms with E-state index in [2.05, 4.69) is 4.98 Å². The zero-order valence-electron chi connectivity index (χ0n) is 9.57. The maximum Gasteiger partial charge on any atom is 0.471 e. The molecule has 2 rings (SSSR count).